The second-order valence-electron chi connectivity index (χ2n) is 9.34. The topological polar surface area (TPSA) is 89.2 Å². The van der Waals surface area contributed by atoms with Gasteiger partial charge in [0.25, 0.3) is 5.91 Å². The highest BCUT2D eigenvalue weighted by atomic mass is 35.5. The number of nitriles is 1. The lowest BCUT2D eigenvalue weighted by Crippen LogP contribution is -2.27. The number of ether oxygens (including phenoxy) is 2. The summed E-state index contributed by atoms with van der Waals surface area (Å²) in [6.07, 6.45) is 6.84. The molecule has 37 heavy (non-hydrogen) atoms. The van der Waals surface area contributed by atoms with Gasteiger partial charge in [-0.15, -0.1) is 6.42 Å². The fourth-order valence-electron chi connectivity index (χ4n) is 3.21. The van der Waals surface area contributed by atoms with Crippen molar-refractivity contribution < 1.29 is 18.7 Å². The maximum absolute atomic E-state index is 15.3. The third-order valence-electron chi connectivity index (χ3n) is 5.23. The second-order valence-corrected chi connectivity index (χ2v) is 15.7. The molecule has 0 atom stereocenters. The number of benzene rings is 2. The number of nitrogens with one attached hydrogen (secondary N) is 1. The minimum atomic E-state index is -1.26. The van der Waals surface area contributed by atoms with Crippen LogP contribution in [0.4, 0.5) is 4.39 Å². The van der Waals surface area contributed by atoms with Gasteiger partial charge in [-0.05, 0) is 30.3 Å². The van der Waals surface area contributed by atoms with Crippen molar-refractivity contribution in [1.82, 2.24) is 14.9 Å². The van der Waals surface area contributed by atoms with Crippen LogP contribution in [0.25, 0.3) is 0 Å². The number of amides is 1. The lowest BCUT2D eigenvalue weighted by Gasteiger charge is -2.16. The van der Waals surface area contributed by atoms with Crippen LogP contribution in [0.1, 0.15) is 27.2 Å². The van der Waals surface area contributed by atoms with Gasteiger partial charge in [0.05, 0.1) is 23.0 Å². The maximum Gasteiger partial charge on any atom is 0.271 e. The number of halogens is 3. The van der Waals surface area contributed by atoms with E-state index in [1.54, 1.807) is 0 Å². The molecular weight excluding hydrogens is 534 g/mol. The average molecular weight is 560 g/mol. The Bertz CT molecular complexity index is 1360. The molecule has 0 bridgehead atoms. The SMILES string of the molecule is C#Cc1cc(C#N)cc(Oc2c(Cl)ccc(CNC(=O)c3c(Cl)ncn3COCC[Si](C)(C)C)c2F)c1. The number of carbonyl (C=O) groups is 1. The Morgan fingerprint density at radius 3 is 2.65 bits per heavy atom. The van der Waals surface area contributed by atoms with Crippen molar-refractivity contribution in [1.29, 1.82) is 5.26 Å². The number of hydrogen-bond donors (Lipinski definition) is 1. The third-order valence-corrected chi connectivity index (χ3v) is 7.50. The Kier molecular flexibility index (Phi) is 9.36. The molecule has 0 radical (unpaired) electrons. The minimum Gasteiger partial charge on any atom is -0.453 e. The van der Waals surface area contributed by atoms with E-state index in [0.29, 0.717) is 12.2 Å². The molecule has 0 saturated heterocycles. The van der Waals surface area contributed by atoms with Gasteiger partial charge in [-0.25, -0.2) is 9.37 Å². The van der Waals surface area contributed by atoms with Crippen LogP contribution in [0.15, 0.2) is 36.7 Å². The lowest BCUT2D eigenvalue weighted by molar-refractivity contribution is 0.0789. The Morgan fingerprint density at radius 2 is 1.97 bits per heavy atom. The van der Waals surface area contributed by atoms with Gasteiger partial charge in [-0.1, -0.05) is 54.8 Å². The summed E-state index contributed by atoms with van der Waals surface area (Å²) in [5.41, 5.74) is 0.876. The molecule has 0 unspecified atom stereocenters. The molecule has 1 aromatic heterocycles. The molecule has 0 aliphatic heterocycles. The number of rotatable bonds is 10. The zero-order valence-electron chi connectivity index (χ0n) is 20.6. The first kappa shape index (κ1) is 28.2. The fraction of sp³-hybridized carbons (Fsp3) is 0.269. The van der Waals surface area contributed by atoms with Gasteiger partial charge in [-0.3, -0.25) is 4.79 Å². The molecule has 7 nitrogen and oxygen atoms in total. The Labute approximate surface area is 226 Å². The summed E-state index contributed by atoms with van der Waals surface area (Å²) in [5, 5.41) is 11.9. The smallest absolute Gasteiger partial charge is 0.271 e. The van der Waals surface area contributed by atoms with Crippen molar-refractivity contribution >= 4 is 37.2 Å². The van der Waals surface area contributed by atoms with Crippen LogP contribution in [-0.4, -0.2) is 30.1 Å². The largest absolute Gasteiger partial charge is 0.453 e. The highest BCUT2D eigenvalue weighted by Crippen LogP contribution is 2.34. The summed E-state index contributed by atoms with van der Waals surface area (Å²) in [6.45, 7) is 7.23. The summed E-state index contributed by atoms with van der Waals surface area (Å²) in [4.78, 5) is 16.9. The molecule has 1 N–H and O–H groups in total. The van der Waals surface area contributed by atoms with Crippen molar-refractivity contribution in [3.8, 4) is 29.9 Å². The summed E-state index contributed by atoms with van der Waals surface area (Å²) >= 11 is 12.3. The molecule has 1 heterocycles. The monoisotopic (exact) mass is 558 g/mol. The predicted molar refractivity (Wildman–Crippen MR) is 143 cm³/mol. The average Bonchev–Trinajstić information content (AvgIpc) is 3.23. The lowest BCUT2D eigenvalue weighted by atomic mass is 10.1. The minimum absolute atomic E-state index is 0.00795. The third kappa shape index (κ3) is 7.57. The normalized spacial score (nSPS) is 11.0. The van der Waals surface area contributed by atoms with Gasteiger partial charge < -0.3 is 19.4 Å². The molecular formula is C26H25Cl2FN4O3Si. The van der Waals surface area contributed by atoms with Gasteiger partial charge in [0.15, 0.2) is 16.7 Å². The standard InChI is InChI=1S/C26H25Cl2FN4O3Si/c1-5-17-10-18(13-30)12-20(11-17)36-24-21(27)7-6-19(22(24)29)14-31-26(34)23-25(28)32-15-33(23)16-35-8-9-37(2,3)4/h1,6-7,10-12,15H,8-9,14,16H2,2-4H3,(H,31,34). The Morgan fingerprint density at radius 1 is 1.24 bits per heavy atom. The van der Waals surface area contributed by atoms with Gasteiger partial charge >= 0.3 is 0 Å². The first-order valence-corrected chi connectivity index (χ1v) is 15.7. The Hall–Kier alpha value is -3.34. The molecule has 1 amide bonds. The van der Waals surface area contributed by atoms with E-state index < -0.39 is 19.8 Å². The van der Waals surface area contributed by atoms with Gasteiger partial charge in [-0.2, -0.15) is 5.26 Å². The fourth-order valence-corrected chi connectivity index (χ4v) is 4.39. The molecule has 0 fully saturated rings. The molecule has 0 saturated carbocycles. The quantitative estimate of drug-likeness (QED) is 0.181. The van der Waals surface area contributed by atoms with Crippen molar-refractivity contribution in [3.63, 3.8) is 0 Å². The number of aromatic nitrogens is 2. The summed E-state index contributed by atoms with van der Waals surface area (Å²) in [7, 11) is -1.26. The molecule has 3 aromatic rings. The highest BCUT2D eigenvalue weighted by Gasteiger charge is 2.20. The van der Waals surface area contributed by atoms with Crippen LogP contribution in [0.2, 0.25) is 35.9 Å². The molecule has 0 spiro atoms. The van der Waals surface area contributed by atoms with Crippen LogP contribution >= 0.6 is 23.2 Å². The van der Waals surface area contributed by atoms with E-state index in [1.807, 2.05) is 6.07 Å². The summed E-state index contributed by atoms with van der Waals surface area (Å²) in [5.74, 6) is 0.989. The van der Waals surface area contributed by atoms with Crippen molar-refractivity contribution in [3.05, 3.63) is 75.0 Å². The number of terminal acetylenes is 1. The van der Waals surface area contributed by atoms with Crippen LogP contribution < -0.4 is 10.1 Å². The van der Waals surface area contributed by atoms with E-state index in [9.17, 15) is 10.1 Å². The van der Waals surface area contributed by atoms with Crippen LogP contribution in [0, 0.1) is 29.5 Å². The van der Waals surface area contributed by atoms with Crippen LogP contribution in [0.3, 0.4) is 0 Å². The predicted octanol–water partition coefficient (Wildman–Crippen LogP) is 6.22. The molecule has 2 aromatic carbocycles. The number of carbonyl (C=O) groups excluding carboxylic acids is 1. The summed E-state index contributed by atoms with van der Waals surface area (Å²) < 4.78 is 28.2. The van der Waals surface area contributed by atoms with Crippen molar-refractivity contribution in [2.75, 3.05) is 6.61 Å². The van der Waals surface area contributed by atoms with E-state index in [2.05, 4.69) is 35.9 Å². The molecule has 0 aliphatic carbocycles. The first-order chi connectivity index (χ1) is 17.5. The number of nitrogens with zero attached hydrogens (tertiary/aromatic N) is 3. The summed E-state index contributed by atoms with van der Waals surface area (Å²) in [6, 6.07) is 10.2. The Balaban J connectivity index is 1.73. The van der Waals surface area contributed by atoms with E-state index in [4.69, 9.17) is 39.1 Å². The van der Waals surface area contributed by atoms with E-state index >= 15 is 4.39 Å². The first-order valence-electron chi connectivity index (χ1n) is 11.3. The van der Waals surface area contributed by atoms with Crippen LogP contribution in [0.5, 0.6) is 11.5 Å². The van der Waals surface area contributed by atoms with Gasteiger partial charge in [0, 0.05) is 32.4 Å². The number of imidazole rings is 1. The second kappa shape index (κ2) is 12.3. The molecule has 11 heteroatoms. The van der Waals surface area contributed by atoms with Crippen LogP contribution in [-0.2, 0) is 18.0 Å². The number of hydrogen-bond acceptors (Lipinski definition) is 5. The molecule has 3 rings (SSSR count). The zero-order valence-corrected chi connectivity index (χ0v) is 23.1. The van der Waals surface area contributed by atoms with Gasteiger partial charge in [0.2, 0.25) is 0 Å². The van der Waals surface area contributed by atoms with Crippen molar-refractivity contribution in [2.45, 2.75) is 39.0 Å². The van der Waals surface area contributed by atoms with Crippen molar-refractivity contribution in [2.24, 2.45) is 0 Å². The zero-order chi connectivity index (χ0) is 27.2. The van der Waals surface area contributed by atoms with Gasteiger partial charge in [0.1, 0.15) is 18.2 Å². The van der Waals surface area contributed by atoms with E-state index in [-0.39, 0.29) is 51.8 Å². The highest BCUT2D eigenvalue weighted by molar-refractivity contribution is 6.76. The molecule has 192 valence electrons. The maximum atomic E-state index is 15.3. The van der Waals surface area contributed by atoms with E-state index in [1.165, 1.54) is 41.2 Å². The molecule has 0 aliphatic rings. The van der Waals surface area contributed by atoms with E-state index in [0.717, 1.165) is 6.04 Å².